The van der Waals surface area contributed by atoms with Gasteiger partial charge >= 0.3 is 0 Å². The van der Waals surface area contributed by atoms with E-state index in [1.165, 1.54) is 28.8 Å². The van der Waals surface area contributed by atoms with Gasteiger partial charge in [0.25, 0.3) is 5.91 Å². The Kier molecular flexibility index (Phi) is 4.26. The van der Waals surface area contributed by atoms with Gasteiger partial charge in [-0.3, -0.25) is 9.69 Å². The number of halogens is 2. The molecule has 136 valence electrons. The number of nitrogens with zero attached hydrogens (tertiary/aromatic N) is 2. The van der Waals surface area contributed by atoms with Gasteiger partial charge in [0.1, 0.15) is 19.7 Å². The first kappa shape index (κ1) is 18.0. The molecule has 2 aromatic carbocycles. The van der Waals surface area contributed by atoms with Gasteiger partial charge in [0.2, 0.25) is 0 Å². The molecule has 0 fully saturated rings. The van der Waals surface area contributed by atoms with Gasteiger partial charge in [0.15, 0.2) is 22.3 Å². The van der Waals surface area contributed by atoms with Crippen molar-refractivity contribution in [1.82, 2.24) is 4.90 Å². The maximum absolute atomic E-state index is 14.4. The summed E-state index contributed by atoms with van der Waals surface area (Å²) in [5.41, 5.74) is -0.216. The first-order chi connectivity index (χ1) is 12.9. The lowest BCUT2D eigenvalue weighted by atomic mass is 9.78. The van der Waals surface area contributed by atoms with Crippen LogP contribution in [0.1, 0.15) is 23.7 Å². The van der Waals surface area contributed by atoms with Gasteiger partial charge in [0, 0.05) is 24.6 Å². The van der Waals surface area contributed by atoms with Crippen molar-refractivity contribution in [3.63, 3.8) is 0 Å². The summed E-state index contributed by atoms with van der Waals surface area (Å²) >= 11 is 1.34. The molecule has 1 spiro atoms. The third-order valence-electron chi connectivity index (χ3n) is 4.94. The second kappa shape index (κ2) is 6.37. The molecule has 2 unspecified atom stereocenters. The van der Waals surface area contributed by atoms with Crippen molar-refractivity contribution in [2.75, 3.05) is 13.3 Å². The molecule has 2 heterocycles. The zero-order valence-corrected chi connectivity index (χ0v) is 15.5. The quantitative estimate of drug-likeness (QED) is 0.711. The predicted molar refractivity (Wildman–Crippen MR) is 102 cm³/mol. The van der Waals surface area contributed by atoms with Crippen molar-refractivity contribution in [3.8, 4) is 5.75 Å². The van der Waals surface area contributed by atoms with Crippen LogP contribution in [0.5, 0.6) is 5.75 Å². The SMILES string of the molecule is [B]c1ccc2c(c1)C1(CC(c3cccc(F)c3F)O2)N=C(SC)N(C)C1=O. The first-order valence-corrected chi connectivity index (χ1v) is 9.52. The summed E-state index contributed by atoms with van der Waals surface area (Å²) in [6, 6.07) is 8.86. The second-order valence-electron chi connectivity index (χ2n) is 6.53. The largest absolute Gasteiger partial charge is 0.485 e. The molecule has 0 saturated carbocycles. The van der Waals surface area contributed by atoms with E-state index in [4.69, 9.17) is 12.6 Å². The highest BCUT2D eigenvalue weighted by atomic mass is 32.2. The highest BCUT2D eigenvalue weighted by molar-refractivity contribution is 8.13. The summed E-state index contributed by atoms with van der Waals surface area (Å²) in [7, 11) is 7.57. The maximum atomic E-state index is 14.4. The van der Waals surface area contributed by atoms with E-state index < -0.39 is 23.3 Å². The Balaban J connectivity index is 1.91. The molecule has 1 amide bonds. The molecular formula is C19H15BF2N2O2S. The average Bonchev–Trinajstić information content (AvgIpc) is 2.90. The van der Waals surface area contributed by atoms with Crippen LogP contribution in [0.15, 0.2) is 41.4 Å². The summed E-state index contributed by atoms with van der Waals surface area (Å²) in [6.45, 7) is 0. The van der Waals surface area contributed by atoms with Crippen LogP contribution in [0, 0.1) is 11.6 Å². The van der Waals surface area contributed by atoms with E-state index in [-0.39, 0.29) is 17.9 Å². The summed E-state index contributed by atoms with van der Waals surface area (Å²) < 4.78 is 34.1. The van der Waals surface area contributed by atoms with Gasteiger partial charge in [-0.2, -0.15) is 0 Å². The van der Waals surface area contributed by atoms with Crippen molar-refractivity contribution in [2.24, 2.45) is 4.99 Å². The van der Waals surface area contributed by atoms with Crippen molar-refractivity contribution in [1.29, 1.82) is 0 Å². The molecule has 8 heteroatoms. The summed E-state index contributed by atoms with van der Waals surface area (Å²) in [4.78, 5) is 19.3. The smallest absolute Gasteiger partial charge is 0.261 e. The van der Waals surface area contributed by atoms with Crippen molar-refractivity contribution in [3.05, 3.63) is 59.2 Å². The molecule has 4 rings (SSSR count). The second-order valence-corrected chi connectivity index (χ2v) is 7.31. The topological polar surface area (TPSA) is 41.9 Å². The Hall–Kier alpha value is -2.35. The van der Waals surface area contributed by atoms with E-state index >= 15 is 0 Å². The molecule has 2 aliphatic heterocycles. The third-order valence-corrected chi connectivity index (χ3v) is 5.67. The number of carbonyl (C=O) groups is 1. The monoisotopic (exact) mass is 384 g/mol. The Bertz CT molecular complexity index is 984. The molecule has 27 heavy (non-hydrogen) atoms. The van der Waals surface area contributed by atoms with E-state index in [9.17, 15) is 13.6 Å². The number of carbonyl (C=O) groups excluding carboxylic acids is 1. The number of rotatable bonds is 1. The normalized spacial score (nSPS) is 24.0. The lowest BCUT2D eigenvalue weighted by Gasteiger charge is -2.37. The summed E-state index contributed by atoms with van der Waals surface area (Å²) in [6.07, 6.45) is 1.02. The zero-order valence-electron chi connectivity index (χ0n) is 14.7. The van der Waals surface area contributed by atoms with E-state index in [1.54, 1.807) is 25.2 Å². The molecule has 0 aliphatic carbocycles. The van der Waals surface area contributed by atoms with Crippen LogP contribution < -0.4 is 10.2 Å². The number of thioether (sulfide) groups is 1. The summed E-state index contributed by atoms with van der Waals surface area (Å²) in [5, 5.41) is 0.550. The van der Waals surface area contributed by atoms with E-state index in [1.807, 2.05) is 6.26 Å². The fourth-order valence-corrected chi connectivity index (χ4v) is 4.23. The van der Waals surface area contributed by atoms with Gasteiger partial charge in [-0.15, -0.1) is 0 Å². The van der Waals surface area contributed by atoms with E-state index in [0.717, 1.165) is 6.07 Å². The van der Waals surface area contributed by atoms with Crippen LogP contribution in [0.25, 0.3) is 0 Å². The fourth-order valence-electron chi connectivity index (χ4n) is 3.63. The molecule has 2 aliphatic rings. The molecule has 0 N–H and O–H groups in total. The standard InChI is InChI=1S/C19H15BF2N2O2S/c1-24-17(25)19(23-18(24)27-2)9-15(11-4-3-5-13(21)16(11)22)26-14-7-6-10(20)8-12(14)19/h3-8,15H,9H2,1-2H3. The van der Waals surface area contributed by atoms with Crippen LogP contribution in [0.2, 0.25) is 0 Å². The van der Waals surface area contributed by atoms with Gasteiger partial charge in [-0.25, -0.2) is 13.8 Å². The maximum Gasteiger partial charge on any atom is 0.261 e. The molecular weight excluding hydrogens is 369 g/mol. The number of aliphatic imine (C=N–C) groups is 1. The number of amides is 1. The molecule has 0 aromatic heterocycles. The number of amidine groups is 1. The molecule has 2 atom stereocenters. The van der Waals surface area contributed by atoms with Crippen LogP contribution in [-0.4, -0.2) is 37.1 Å². The Morgan fingerprint density at radius 1 is 1.33 bits per heavy atom. The third kappa shape index (κ3) is 2.65. The number of ether oxygens (including phenoxy) is 1. The number of benzene rings is 2. The van der Waals surface area contributed by atoms with Gasteiger partial charge < -0.3 is 4.74 Å². The van der Waals surface area contributed by atoms with Crippen LogP contribution >= 0.6 is 11.8 Å². The Morgan fingerprint density at radius 3 is 2.81 bits per heavy atom. The highest BCUT2D eigenvalue weighted by Crippen LogP contribution is 2.50. The van der Waals surface area contributed by atoms with Crippen molar-refractivity contribution < 1.29 is 18.3 Å². The number of fused-ring (bicyclic) bond motifs is 2. The minimum Gasteiger partial charge on any atom is -0.485 e. The molecule has 2 radical (unpaired) electrons. The van der Waals surface area contributed by atoms with Crippen LogP contribution in [-0.2, 0) is 10.3 Å². The first-order valence-electron chi connectivity index (χ1n) is 8.30. The Labute approximate surface area is 161 Å². The number of likely N-dealkylation sites (N-methyl/N-ethyl adjacent to an activating group) is 1. The van der Waals surface area contributed by atoms with E-state index in [2.05, 4.69) is 4.99 Å². The number of hydrogen-bond acceptors (Lipinski definition) is 4. The average molecular weight is 384 g/mol. The van der Waals surface area contributed by atoms with Gasteiger partial charge in [-0.1, -0.05) is 41.5 Å². The van der Waals surface area contributed by atoms with Crippen LogP contribution in [0.3, 0.4) is 0 Å². The highest BCUT2D eigenvalue weighted by Gasteiger charge is 2.54. The molecule has 2 aromatic rings. The lowest BCUT2D eigenvalue weighted by Crippen LogP contribution is -2.43. The Morgan fingerprint density at radius 2 is 2.11 bits per heavy atom. The minimum absolute atomic E-state index is 0.0526. The summed E-state index contributed by atoms with van der Waals surface area (Å²) in [5.74, 6) is -1.80. The van der Waals surface area contributed by atoms with Gasteiger partial charge in [-0.05, 0) is 18.4 Å². The fraction of sp³-hybridized carbons (Fsp3) is 0.263. The lowest BCUT2D eigenvalue weighted by molar-refractivity contribution is -0.132. The number of hydrogen-bond donors (Lipinski definition) is 0. The zero-order chi connectivity index (χ0) is 19.3. The van der Waals surface area contributed by atoms with Crippen LogP contribution in [0.4, 0.5) is 8.78 Å². The predicted octanol–water partition coefficient (Wildman–Crippen LogP) is 2.67. The van der Waals surface area contributed by atoms with Gasteiger partial charge in [0.05, 0.1) is 0 Å². The van der Waals surface area contributed by atoms with Crippen molar-refractivity contribution >= 4 is 36.1 Å². The van der Waals surface area contributed by atoms with E-state index in [0.29, 0.717) is 21.9 Å². The minimum atomic E-state index is -1.28. The molecule has 0 saturated heterocycles. The molecule has 4 nitrogen and oxygen atoms in total. The van der Waals surface area contributed by atoms with Crippen molar-refractivity contribution in [2.45, 2.75) is 18.1 Å². The molecule has 0 bridgehead atoms.